The lowest BCUT2D eigenvalue weighted by Crippen LogP contribution is -2.23. The van der Waals surface area contributed by atoms with Crippen LogP contribution >= 0.6 is 0 Å². The van der Waals surface area contributed by atoms with Crippen LogP contribution in [0.5, 0.6) is 0 Å². The Morgan fingerprint density at radius 2 is 1.91 bits per heavy atom. The standard InChI is InChI=1S/C6H15N3O2/c1-2-10-3-4-11-5-9-6(7)8/h2-5H2,1H3,(H4,7,8,9). The molecule has 0 rings (SSSR count). The fraction of sp³-hybridized carbons (Fsp3) is 0.833. The quantitative estimate of drug-likeness (QED) is 0.305. The minimum atomic E-state index is 0.0430. The monoisotopic (exact) mass is 161 g/mol. The van der Waals surface area contributed by atoms with E-state index in [1.165, 1.54) is 0 Å². The maximum Gasteiger partial charge on any atom is 0.188 e. The van der Waals surface area contributed by atoms with E-state index in [1.807, 2.05) is 6.92 Å². The van der Waals surface area contributed by atoms with Crippen molar-refractivity contribution < 1.29 is 9.47 Å². The van der Waals surface area contributed by atoms with Crippen molar-refractivity contribution in [3.63, 3.8) is 0 Å². The first-order valence-corrected chi connectivity index (χ1v) is 3.48. The third kappa shape index (κ3) is 9.19. The van der Waals surface area contributed by atoms with Crippen LogP contribution in [-0.2, 0) is 9.47 Å². The summed E-state index contributed by atoms with van der Waals surface area (Å²) in [6, 6.07) is 0. The molecule has 0 aromatic heterocycles. The molecule has 0 saturated carbocycles. The lowest BCUT2D eigenvalue weighted by molar-refractivity contribution is 0.0561. The van der Waals surface area contributed by atoms with Crippen molar-refractivity contribution in [2.24, 2.45) is 16.5 Å². The Kier molecular flexibility index (Phi) is 6.76. The molecule has 0 atom stereocenters. The summed E-state index contributed by atoms with van der Waals surface area (Å²) in [7, 11) is 0. The number of guanidine groups is 1. The third-order valence-corrected chi connectivity index (χ3v) is 0.915. The molecule has 0 aromatic carbocycles. The van der Waals surface area contributed by atoms with E-state index in [0.29, 0.717) is 19.8 Å². The normalized spacial score (nSPS) is 9.55. The van der Waals surface area contributed by atoms with E-state index in [1.54, 1.807) is 0 Å². The summed E-state index contributed by atoms with van der Waals surface area (Å²) < 4.78 is 9.98. The molecule has 0 unspecified atom stereocenters. The van der Waals surface area contributed by atoms with Crippen LogP contribution in [0.15, 0.2) is 4.99 Å². The highest BCUT2D eigenvalue weighted by molar-refractivity contribution is 5.75. The largest absolute Gasteiger partial charge is 0.379 e. The molecule has 66 valence electrons. The van der Waals surface area contributed by atoms with Gasteiger partial charge >= 0.3 is 0 Å². The van der Waals surface area contributed by atoms with Gasteiger partial charge in [-0.05, 0) is 6.92 Å². The molecule has 4 N–H and O–H groups in total. The van der Waals surface area contributed by atoms with Crippen molar-refractivity contribution in [2.75, 3.05) is 26.6 Å². The highest BCUT2D eigenvalue weighted by Gasteiger charge is 1.85. The smallest absolute Gasteiger partial charge is 0.188 e. The molecule has 0 spiro atoms. The molecule has 0 aromatic rings. The maximum absolute atomic E-state index is 5.05. The van der Waals surface area contributed by atoms with E-state index >= 15 is 0 Å². The van der Waals surface area contributed by atoms with Gasteiger partial charge in [0.15, 0.2) is 5.96 Å². The van der Waals surface area contributed by atoms with Crippen molar-refractivity contribution in [2.45, 2.75) is 6.92 Å². The molecule has 11 heavy (non-hydrogen) atoms. The Morgan fingerprint density at radius 3 is 2.45 bits per heavy atom. The van der Waals surface area contributed by atoms with Gasteiger partial charge < -0.3 is 20.9 Å². The second-order valence-corrected chi connectivity index (χ2v) is 1.82. The topological polar surface area (TPSA) is 82.9 Å². The maximum atomic E-state index is 5.05. The predicted molar refractivity (Wildman–Crippen MR) is 43.1 cm³/mol. The molecule has 0 heterocycles. The summed E-state index contributed by atoms with van der Waals surface area (Å²) in [4.78, 5) is 3.62. The second kappa shape index (κ2) is 7.30. The van der Waals surface area contributed by atoms with Crippen LogP contribution in [0, 0.1) is 0 Å². The Labute approximate surface area is 66.4 Å². The van der Waals surface area contributed by atoms with Crippen LogP contribution in [0.25, 0.3) is 0 Å². The summed E-state index contributed by atoms with van der Waals surface area (Å²) in [5.41, 5.74) is 10.1. The van der Waals surface area contributed by atoms with Gasteiger partial charge in [-0.1, -0.05) is 0 Å². The van der Waals surface area contributed by atoms with Crippen molar-refractivity contribution in [1.29, 1.82) is 0 Å². The minimum absolute atomic E-state index is 0.0430. The molecule has 5 nitrogen and oxygen atoms in total. The Hall–Kier alpha value is -0.810. The van der Waals surface area contributed by atoms with Crippen LogP contribution in [0.1, 0.15) is 6.92 Å². The first kappa shape index (κ1) is 10.2. The Balaban J connectivity index is 2.97. The number of rotatable bonds is 6. The molecule has 5 heteroatoms. The predicted octanol–water partition coefficient (Wildman–Crippen LogP) is -0.730. The zero-order valence-electron chi connectivity index (χ0n) is 6.75. The van der Waals surface area contributed by atoms with Crippen molar-refractivity contribution in [3.05, 3.63) is 0 Å². The van der Waals surface area contributed by atoms with Crippen LogP contribution < -0.4 is 11.5 Å². The number of hydrogen-bond donors (Lipinski definition) is 2. The molecule has 0 saturated heterocycles. The van der Waals surface area contributed by atoms with Gasteiger partial charge in [0.1, 0.15) is 6.73 Å². The zero-order valence-corrected chi connectivity index (χ0v) is 6.75. The van der Waals surface area contributed by atoms with E-state index < -0.39 is 0 Å². The van der Waals surface area contributed by atoms with E-state index in [-0.39, 0.29) is 12.7 Å². The SMILES string of the molecule is CCOCCOCN=C(N)N. The fourth-order valence-corrected chi connectivity index (χ4v) is 0.447. The number of nitrogens with zero attached hydrogens (tertiary/aromatic N) is 1. The number of hydrogen-bond acceptors (Lipinski definition) is 3. The van der Waals surface area contributed by atoms with Crippen LogP contribution in [0.3, 0.4) is 0 Å². The van der Waals surface area contributed by atoms with Crippen LogP contribution in [-0.4, -0.2) is 32.5 Å². The lowest BCUT2D eigenvalue weighted by Gasteiger charge is -2.00. The minimum Gasteiger partial charge on any atom is -0.379 e. The molecule has 0 aliphatic heterocycles. The number of ether oxygens (including phenoxy) is 2. The highest BCUT2D eigenvalue weighted by Crippen LogP contribution is 1.78. The fourth-order valence-electron chi connectivity index (χ4n) is 0.447. The van der Waals surface area contributed by atoms with E-state index in [0.717, 1.165) is 0 Å². The average Bonchev–Trinajstić information content (AvgIpc) is 1.96. The van der Waals surface area contributed by atoms with Crippen molar-refractivity contribution in [3.8, 4) is 0 Å². The van der Waals surface area contributed by atoms with Crippen molar-refractivity contribution in [1.82, 2.24) is 0 Å². The molecule has 0 aliphatic carbocycles. The average molecular weight is 161 g/mol. The Morgan fingerprint density at radius 1 is 1.27 bits per heavy atom. The molecule has 0 aliphatic rings. The van der Waals surface area contributed by atoms with E-state index in [9.17, 15) is 0 Å². The second-order valence-electron chi connectivity index (χ2n) is 1.82. The van der Waals surface area contributed by atoms with Crippen LogP contribution in [0.2, 0.25) is 0 Å². The summed E-state index contributed by atoms with van der Waals surface area (Å²) in [6.07, 6.45) is 0. The number of nitrogens with two attached hydrogens (primary N) is 2. The Bertz CT molecular complexity index is 112. The molecular weight excluding hydrogens is 146 g/mol. The first-order chi connectivity index (χ1) is 5.27. The molecule has 0 bridgehead atoms. The van der Waals surface area contributed by atoms with E-state index in [4.69, 9.17) is 20.9 Å². The third-order valence-electron chi connectivity index (χ3n) is 0.915. The summed E-state index contributed by atoms with van der Waals surface area (Å²) >= 11 is 0. The molecular formula is C6H15N3O2. The van der Waals surface area contributed by atoms with Gasteiger partial charge in [0, 0.05) is 6.61 Å². The van der Waals surface area contributed by atoms with Gasteiger partial charge in [-0.2, -0.15) is 0 Å². The highest BCUT2D eigenvalue weighted by atomic mass is 16.5. The van der Waals surface area contributed by atoms with Gasteiger partial charge in [-0.15, -0.1) is 0 Å². The van der Waals surface area contributed by atoms with Gasteiger partial charge in [0.05, 0.1) is 13.2 Å². The van der Waals surface area contributed by atoms with Gasteiger partial charge in [0.25, 0.3) is 0 Å². The summed E-state index contributed by atoms with van der Waals surface area (Å²) in [5, 5.41) is 0. The van der Waals surface area contributed by atoms with Gasteiger partial charge in [-0.25, -0.2) is 4.99 Å². The zero-order chi connectivity index (χ0) is 8.53. The molecule has 0 amide bonds. The molecule has 0 fully saturated rings. The number of aliphatic imine (C=N–C) groups is 1. The summed E-state index contributed by atoms with van der Waals surface area (Å²) in [6.45, 7) is 3.93. The van der Waals surface area contributed by atoms with Crippen LogP contribution in [0.4, 0.5) is 0 Å². The van der Waals surface area contributed by atoms with Gasteiger partial charge in [0.2, 0.25) is 0 Å². The summed E-state index contributed by atoms with van der Waals surface area (Å²) in [5.74, 6) is 0.0430. The first-order valence-electron chi connectivity index (χ1n) is 3.48. The van der Waals surface area contributed by atoms with Gasteiger partial charge in [-0.3, -0.25) is 0 Å². The van der Waals surface area contributed by atoms with Crippen molar-refractivity contribution >= 4 is 5.96 Å². The van der Waals surface area contributed by atoms with E-state index in [2.05, 4.69) is 4.99 Å². The molecule has 0 radical (unpaired) electrons. The lowest BCUT2D eigenvalue weighted by atomic mass is 10.7.